The molecular weight excluding hydrogens is 194 g/mol. The zero-order chi connectivity index (χ0) is 10.4. The summed E-state index contributed by atoms with van der Waals surface area (Å²) < 4.78 is 1.68. The Hall–Kier alpha value is -1.78. The number of hydrogen-bond acceptors (Lipinski definition) is 2. The number of nitrogens with zero attached hydrogens (tertiary/aromatic N) is 2. The van der Waals surface area contributed by atoms with Crippen LogP contribution in [0.3, 0.4) is 0 Å². The van der Waals surface area contributed by atoms with Crippen molar-refractivity contribution < 1.29 is 9.90 Å². The maximum absolute atomic E-state index is 11.2. The van der Waals surface area contributed by atoms with Crippen LogP contribution in [0.25, 0.3) is 5.65 Å². The Morgan fingerprint density at radius 2 is 2.40 bits per heavy atom. The third-order valence-electron chi connectivity index (χ3n) is 3.10. The zero-order valence-electron chi connectivity index (χ0n) is 8.10. The van der Waals surface area contributed by atoms with E-state index >= 15 is 0 Å². The molecule has 3 rings (SSSR count). The summed E-state index contributed by atoms with van der Waals surface area (Å²) in [7, 11) is 0. The molecule has 78 valence electrons. The fraction of sp³-hybridized carbons (Fsp3) is 0.400. The van der Waals surface area contributed by atoms with Gasteiger partial charge in [-0.1, -0.05) is 6.42 Å². The molecule has 1 saturated carbocycles. The first-order chi connectivity index (χ1) is 7.27. The van der Waals surface area contributed by atoms with Gasteiger partial charge >= 0.3 is 5.97 Å². The second kappa shape index (κ2) is 2.85. The summed E-state index contributed by atoms with van der Waals surface area (Å²) in [5.74, 6) is -0.521. The predicted octanol–water partition coefficient (Wildman–Crippen LogP) is 1.63. The number of carboxylic acids is 1. The van der Waals surface area contributed by atoms with E-state index in [1.807, 2.05) is 0 Å². The van der Waals surface area contributed by atoms with Crippen LogP contribution in [0.4, 0.5) is 0 Å². The van der Waals surface area contributed by atoms with Gasteiger partial charge in [-0.15, -0.1) is 0 Å². The van der Waals surface area contributed by atoms with Crippen LogP contribution in [0.5, 0.6) is 0 Å². The van der Waals surface area contributed by atoms with E-state index in [1.54, 1.807) is 16.9 Å². The fourth-order valence-corrected chi connectivity index (χ4v) is 2.09. The van der Waals surface area contributed by atoms with Crippen molar-refractivity contribution in [2.24, 2.45) is 0 Å². The highest BCUT2D eigenvalue weighted by molar-refractivity contribution is 5.96. The molecule has 0 spiro atoms. The first-order valence-electron chi connectivity index (χ1n) is 5.05. The standard InChI is InChI=1S/C10H11N3O2/c14-10(15)7-8(6-2-1-3-6)12-13-5-4-11-9(7)13/h4-6,12H,1-3H2,(H,14,15). The van der Waals surface area contributed by atoms with Crippen molar-refractivity contribution in [2.45, 2.75) is 25.2 Å². The van der Waals surface area contributed by atoms with E-state index in [4.69, 9.17) is 5.11 Å². The van der Waals surface area contributed by atoms with Crippen molar-refractivity contribution in [2.75, 3.05) is 0 Å². The number of imidazole rings is 1. The van der Waals surface area contributed by atoms with Crippen molar-refractivity contribution >= 4 is 11.6 Å². The summed E-state index contributed by atoms with van der Waals surface area (Å²) in [6.07, 6.45) is 6.67. The predicted molar refractivity (Wildman–Crippen MR) is 53.1 cm³/mol. The molecular formula is C10H11N3O2. The molecule has 0 radical (unpaired) electrons. The summed E-state index contributed by atoms with van der Waals surface area (Å²) in [6.45, 7) is 0. The van der Waals surface area contributed by atoms with E-state index in [-0.39, 0.29) is 0 Å². The van der Waals surface area contributed by atoms with Crippen LogP contribution in [0, 0.1) is 0 Å². The van der Waals surface area contributed by atoms with Gasteiger partial charge in [-0.3, -0.25) is 5.10 Å². The first-order valence-corrected chi connectivity index (χ1v) is 5.05. The van der Waals surface area contributed by atoms with Gasteiger partial charge in [0.2, 0.25) is 0 Å². The highest BCUT2D eigenvalue weighted by Gasteiger charge is 2.29. The van der Waals surface area contributed by atoms with E-state index < -0.39 is 5.97 Å². The van der Waals surface area contributed by atoms with Gasteiger partial charge in [0.05, 0.1) is 5.69 Å². The molecule has 0 bridgehead atoms. The molecule has 2 heterocycles. The van der Waals surface area contributed by atoms with Gasteiger partial charge in [0, 0.05) is 18.3 Å². The lowest BCUT2D eigenvalue weighted by Gasteiger charge is -2.24. The van der Waals surface area contributed by atoms with Crippen molar-refractivity contribution in [3.63, 3.8) is 0 Å². The molecule has 1 aliphatic carbocycles. The number of nitrogens with one attached hydrogen (secondary N) is 1. The second-order valence-corrected chi connectivity index (χ2v) is 3.95. The minimum Gasteiger partial charge on any atom is -0.477 e. The average Bonchev–Trinajstić information content (AvgIpc) is 2.58. The average molecular weight is 205 g/mol. The van der Waals surface area contributed by atoms with Crippen molar-refractivity contribution in [3.05, 3.63) is 23.7 Å². The smallest absolute Gasteiger partial charge is 0.341 e. The molecule has 0 aromatic carbocycles. The summed E-state index contributed by atoms with van der Waals surface area (Å²) in [5.41, 5.74) is 1.69. The van der Waals surface area contributed by atoms with Gasteiger partial charge in [0.1, 0.15) is 5.56 Å². The fourth-order valence-electron chi connectivity index (χ4n) is 2.09. The molecule has 5 nitrogen and oxygen atoms in total. The normalized spacial score (nSPS) is 16.8. The molecule has 0 amide bonds. The zero-order valence-corrected chi connectivity index (χ0v) is 8.10. The van der Waals surface area contributed by atoms with Gasteiger partial charge < -0.3 is 5.11 Å². The summed E-state index contributed by atoms with van der Waals surface area (Å²) in [4.78, 5) is 15.2. The minimum absolute atomic E-state index is 0.338. The Morgan fingerprint density at radius 3 is 3.00 bits per heavy atom. The molecule has 2 N–H and O–H groups in total. The Bertz CT molecular complexity index is 522. The number of H-pyrrole nitrogens is 1. The summed E-state index contributed by atoms with van der Waals surface area (Å²) in [5, 5.41) is 12.3. The number of carbonyl (C=O) groups is 1. The topological polar surface area (TPSA) is 70.4 Å². The third kappa shape index (κ3) is 1.09. The highest BCUT2D eigenvalue weighted by atomic mass is 16.4. The van der Waals surface area contributed by atoms with Crippen LogP contribution in [0.2, 0.25) is 0 Å². The molecule has 2 aromatic heterocycles. The van der Waals surface area contributed by atoms with Crippen LogP contribution < -0.4 is 0 Å². The maximum Gasteiger partial charge on any atom is 0.341 e. The lowest BCUT2D eigenvalue weighted by atomic mass is 9.81. The van der Waals surface area contributed by atoms with E-state index in [2.05, 4.69) is 10.1 Å². The third-order valence-corrected chi connectivity index (χ3v) is 3.10. The minimum atomic E-state index is -0.894. The van der Waals surface area contributed by atoms with Crippen LogP contribution in [-0.4, -0.2) is 25.7 Å². The quantitative estimate of drug-likeness (QED) is 0.782. The van der Waals surface area contributed by atoms with Crippen LogP contribution >= 0.6 is 0 Å². The van der Waals surface area contributed by atoms with Gasteiger partial charge in [0.25, 0.3) is 0 Å². The van der Waals surface area contributed by atoms with Crippen molar-refractivity contribution in [1.82, 2.24) is 14.6 Å². The van der Waals surface area contributed by atoms with Gasteiger partial charge in [0.15, 0.2) is 5.65 Å². The van der Waals surface area contributed by atoms with Crippen LogP contribution in [0.1, 0.15) is 41.2 Å². The number of aromatic carboxylic acids is 1. The van der Waals surface area contributed by atoms with Crippen molar-refractivity contribution in [3.8, 4) is 0 Å². The lowest BCUT2D eigenvalue weighted by molar-refractivity contribution is 0.0696. The van der Waals surface area contributed by atoms with Crippen LogP contribution in [-0.2, 0) is 0 Å². The van der Waals surface area contributed by atoms with Gasteiger partial charge in [-0.05, 0) is 12.8 Å². The van der Waals surface area contributed by atoms with Crippen molar-refractivity contribution in [1.29, 1.82) is 0 Å². The van der Waals surface area contributed by atoms with Crippen LogP contribution in [0.15, 0.2) is 12.4 Å². The molecule has 0 saturated heterocycles. The monoisotopic (exact) mass is 205 g/mol. The van der Waals surface area contributed by atoms with E-state index in [9.17, 15) is 4.79 Å². The molecule has 5 heteroatoms. The molecule has 0 atom stereocenters. The largest absolute Gasteiger partial charge is 0.477 e. The number of hydrogen-bond donors (Lipinski definition) is 2. The summed E-state index contributed by atoms with van der Waals surface area (Å²) in [6, 6.07) is 0. The first kappa shape index (κ1) is 8.52. The molecule has 0 unspecified atom stereocenters. The molecule has 0 aliphatic heterocycles. The number of aromatic nitrogens is 3. The maximum atomic E-state index is 11.2. The summed E-state index contributed by atoms with van der Waals surface area (Å²) >= 11 is 0. The Kier molecular flexibility index (Phi) is 1.62. The SMILES string of the molecule is O=C(O)c1c(C2CCC2)[nH]n2ccnc12. The molecule has 1 aliphatic rings. The Balaban J connectivity index is 2.22. The van der Waals surface area contributed by atoms with E-state index in [0.29, 0.717) is 17.1 Å². The molecule has 15 heavy (non-hydrogen) atoms. The lowest BCUT2D eigenvalue weighted by Crippen LogP contribution is -2.13. The number of rotatable bonds is 2. The number of carboxylic acid groups (broad SMARTS) is 1. The second-order valence-electron chi connectivity index (χ2n) is 3.95. The van der Waals surface area contributed by atoms with E-state index in [1.165, 1.54) is 6.42 Å². The number of aromatic amines is 1. The molecule has 2 aromatic rings. The van der Waals surface area contributed by atoms with Gasteiger partial charge in [-0.2, -0.15) is 0 Å². The Morgan fingerprint density at radius 1 is 1.60 bits per heavy atom. The molecule has 1 fully saturated rings. The Labute approximate surface area is 85.7 Å². The highest BCUT2D eigenvalue weighted by Crippen LogP contribution is 2.38. The van der Waals surface area contributed by atoms with E-state index in [0.717, 1.165) is 18.5 Å². The number of fused-ring (bicyclic) bond motifs is 1. The van der Waals surface area contributed by atoms with Gasteiger partial charge in [-0.25, -0.2) is 14.3 Å².